The number of carbonyl (C=O) groups excluding carboxylic acids is 1. The molecule has 2 amide bonds. The van der Waals surface area contributed by atoms with Crippen molar-refractivity contribution in [3.05, 3.63) is 65.2 Å². The minimum Gasteiger partial charge on any atom is -0.318 e. The van der Waals surface area contributed by atoms with E-state index in [1.165, 1.54) is 30.4 Å². The molecule has 1 saturated heterocycles. The Labute approximate surface area is 210 Å². The summed E-state index contributed by atoms with van der Waals surface area (Å²) in [7, 11) is 4.43. The molecule has 1 aliphatic heterocycles. The Hall–Kier alpha value is -1.98. The van der Waals surface area contributed by atoms with Crippen molar-refractivity contribution in [3.8, 4) is 0 Å². The van der Waals surface area contributed by atoms with E-state index < -0.39 is 0 Å². The third-order valence-electron chi connectivity index (χ3n) is 9.08. The maximum absolute atomic E-state index is 13.8. The highest BCUT2D eigenvalue weighted by Gasteiger charge is 2.54. The van der Waals surface area contributed by atoms with E-state index in [-0.39, 0.29) is 17.1 Å². The van der Waals surface area contributed by atoms with Crippen LogP contribution in [0.3, 0.4) is 0 Å². The number of urea groups is 1. The fourth-order valence-corrected chi connectivity index (χ4v) is 6.78. The Morgan fingerprint density at radius 1 is 1.00 bits per heavy atom. The second kappa shape index (κ2) is 9.23. The van der Waals surface area contributed by atoms with E-state index in [0.717, 1.165) is 49.2 Å². The number of thiol groups is 1. The van der Waals surface area contributed by atoms with Crippen LogP contribution in [-0.4, -0.2) is 53.5 Å². The Morgan fingerprint density at radius 2 is 1.71 bits per heavy atom. The van der Waals surface area contributed by atoms with Crippen molar-refractivity contribution < 1.29 is 4.79 Å². The van der Waals surface area contributed by atoms with Gasteiger partial charge in [0.1, 0.15) is 0 Å². The first-order chi connectivity index (χ1) is 16.3. The number of hydrogen-bond acceptors (Lipinski definition) is 3. The van der Waals surface area contributed by atoms with Crippen molar-refractivity contribution in [2.45, 2.75) is 74.4 Å². The van der Waals surface area contributed by atoms with Crippen molar-refractivity contribution in [2.75, 3.05) is 27.2 Å². The highest BCUT2D eigenvalue weighted by atomic mass is 32.1. The molecule has 4 nitrogen and oxygen atoms in total. The van der Waals surface area contributed by atoms with Crippen LogP contribution in [0.15, 0.2) is 53.4 Å². The third-order valence-corrected chi connectivity index (χ3v) is 9.72. The van der Waals surface area contributed by atoms with Gasteiger partial charge in [-0.2, -0.15) is 0 Å². The van der Waals surface area contributed by atoms with Crippen LogP contribution in [0.5, 0.6) is 0 Å². The van der Waals surface area contributed by atoms with Crippen LogP contribution in [-0.2, 0) is 12.1 Å². The Morgan fingerprint density at radius 3 is 2.32 bits per heavy atom. The van der Waals surface area contributed by atoms with Crippen molar-refractivity contribution in [1.29, 1.82) is 0 Å². The van der Waals surface area contributed by atoms with Gasteiger partial charge in [-0.05, 0) is 82.2 Å². The van der Waals surface area contributed by atoms with E-state index in [2.05, 4.69) is 84.2 Å². The predicted molar refractivity (Wildman–Crippen MR) is 141 cm³/mol. The molecule has 182 valence electrons. The molecule has 0 bridgehead atoms. The maximum atomic E-state index is 13.8. The minimum atomic E-state index is -0.0540. The summed E-state index contributed by atoms with van der Waals surface area (Å²) in [5, 5.41) is 0. The number of rotatable bonds is 6. The fourth-order valence-electron chi connectivity index (χ4n) is 6.56. The summed E-state index contributed by atoms with van der Waals surface area (Å²) in [6.07, 6.45) is 8.11. The number of hydrogen-bond donors (Lipinski definition) is 1. The lowest BCUT2D eigenvalue weighted by Crippen LogP contribution is -2.56. The van der Waals surface area contributed by atoms with Gasteiger partial charge in [0, 0.05) is 30.1 Å². The molecular weight excluding hydrogens is 438 g/mol. The number of benzene rings is 2. The topological polar surface area (TPSA) is 26.8 Å². The summed E-state index contributed by atoms with van der Waals surface area (Å²) < 4.78 is 0. The number of nitrogens with zero attached hydrogens (tertiary/aromatic N) is 3. The van der Waals surface area contributed by atoms with E-state index in [0.29, 0.717) is 12.5 Å². The summed E-state index contributed by atoms with van der Waals surface area (Å²) in [5.74, 6) is 0.676. The molecule has 2 aromatic rings. The van der Waals surface area contributed by atoms with Gasteiger partial charge >= 0.3 is 6.03 Å². The first-order valence-corrected chi connectivity index (χ1v) is 13.4. The molecule has 0 radical (unpaired) electrons. The fraction of sp³-hybridized carbons (Fsp3) is 0.552. The van der Waals surface area contributed by atoms with Crippen molar-refractivity contribution in [1.82, 2.24) is 14.7 Å². The molecular formula is C29H39N3OS. The van der Waals surface area contributed by atoms with Crippen LogP contribution in [0.25, 0.3) is 0 Å². The largest absolute Gasteiger partial charge is 0.320 e. The van der Waals surface area contributed by atoms with E-state index in [1.807, 2.05) is 0 Å². The smallest absolute Gasteiger partial charge is 0.318 e. The Balaban J connectivity index is 1.42. The lowest BCUT2D eigenvalue weighted by atomic mass is 9.68. The molecule has 0 aromatic heterocycles. The van der Waals surface area contributed by atoms with Crippen molar-refractivity contribution >= 4 is 18.7 Å². The zero-order chi connectivity index (χ0) is 23.9. The Kier molecular flexibility index (Phi) is 6.45. The molecule has 0 atom stereocenters. The monoisotopic (exact) mass is 477 g/mol. The van der Waals surface area contributed by atoms with Crippen molar-refractivity contribution in [2.24, 2.45) is 5.92 Å². The van der Waals surface area contributed by atoms with Crippen LogP contribution in [0.1, 0.15) is 61.6 Å². The summed E-state index contributed by atoms with van der Waals surface area (Å²) in [6.45, 7) is 4.50. The van der Waals surface area contributed by atoms with Gasteiger partial charge < -0.3 is 9.80 Å². The zero-order valence-electron chi connectivity index (χ0n) is 21.0. The number of aryl methyl sites for hydroxylation is 1. The maximum Gasteiger partial charge on any atom is 0.320 e. The predicted octanol–water partition coefficient (Wildman–Crippen LogP) is 6.09. The standard InChI is InChI=1S/C29H39N3OS/c1-22-9-7-12-24(26(22)34)20-31-21-28(32(27(31)33)19-23-10-8-11-23)15-17-29(18-16-28,30(2)3)25-13-5-4-6-14-25/h4-7,9,12-14,23,34H,8,10-11,15-21H2,1-3H3/t28-,29-. The Bertz CT molecular complexity index is 1020. The highest BCUT2D eigenvalue weighted by Crippen LogP contribution is 2.49. The molecule has 1 spiro atoms. The minimum absolute atomic E-state index is 0.0416. The third kappa shape index (κ3) is 4.05. The van der Waals surface area contributed by atoms with Crippen LogP contribution in [0.4, 0.5) is 4.79 Å². The molecule has 0 unspecified atom stereocenters. The summed E-state index contributed by atoms with van der Waals surface area (Å²) >= 11 is 4.76. The first-order valence-electron chi connectivity index (χ1n) is 12.9. The normalized spacial score (nSPS) is 27.6. The molecule has 3 fully saturated rings. The van der Waals surface area contributed by atoms with Gasteiger partial charge in [0.25, 0.3) is 0 Å². The van der Waals surface area contributed by atoms with E-state index in [4.69, 9.17) is 12.6 Å². The van der Waals surface area contributed by atoms with Crippen LogP contribution in [0, 0.1) is 12.8 Å². The summed E-state index contributed by atoms with van der Waals surface area (Å²) in [5.41, 5.74) is 3.72. The number of amides is 2. The van der Waals surface area contributed by atoms with Gasteiger partial charge in [-0.25, -0.2) is 4.79 Å². The molecule has 2 saturated carbocycles. The second-order valence-corrected chi connectivity index (χ2v) is 11.6. The SMILES string of the molecule is Cc1cccc(CN2C[C@]3(CC[C@@](c4ccccc4)(N(C)C)CC3)N(CC3CCC3)C2=O)c1S. The van der Waals surface area contributed by atoms with E-state index in [9.17, 15) is 4.79 Å². The zero-order valence-corrected chi connectivity index (χ0v) is 21.9. The van der Waals surface area contributed by atoms with Crippen molar-refractivity contribution in [3.63, 3.8) is 0 Å². The molecule has 2 aromatic carbocycles. The van der Waals surface area contributed by atoms with Gasteiger partial charge in [-0.1, -0.05) is 55.0 Å². The molecule has 1 heterocycles. The van der Waals surface area contributed by atoms with Gasteiger partial charge in [0.05, 0.1) is 5.54 Å². The summed E-state index contributed by atoms with van der Waals surface area (Å²) in [6, 6.07) is 17.5. The van der Waals surface area contributed by atoms with E-state index in [1.54, 1.807) is 0 Å². The highest BCUT2D eigenvalue weighted by molar-refractivity contribution is 7.80. The van der Waals surface area contributed by atoms with Gasteiger partial charge in [-0.3, -0.25) is 4.90 Å². The molecule has 34 heavy (non-hydrogen) atoms. The first kappa shape index (κ1) is 23.7. The lowest BCUT2D eigenvalue weighted by Gasteiger charge is -2.51. The van der Waals surface area contributed by atoms with Crippen LogP contribution < -0.4 is 0 Å². The molecule has 0 N–H and O–H groups in total. The molecule has 2 aliphatic carbocycles. The lowest BCUT2D eigenvalue weighted by molar-refractivity contribution is 0.0159. The average Bonchev–Trinajstić information content (AvgIpc) is 3.05. The molecule has 3 aliphatic rings. The van der Waals surface area contributed by atoms with Gasteiger partial charge in [0.15, 0.2) is 0 Å². The van der Waals surface area contributed by atoms with Crippen LogP contribution >= 0.6 is 12.6 Å². The van der Waals surface area contributed by atoms with Crippen LogP contribution in [0.2, 0.25) is 0 Å². The average molecular weight is 478 g/mol. The quantitative estimate of drug-likeness (QED) is 0.510. The number of carbonyl (C=O) groups is 1. The second-order valence-electron chi connectivity index (χ2n) is 11.1. The summed E-state index contributed by atoms with van der Waals surface area (Å²) in [4.78, 5) is 21.7. The van der Waals surface area contributed by atoms with Gasteiger partial charge in [0.2, 0.25) is 0 Å². The molecule has 5 heteroatoms. The molecule has 5 rings (SSSR count). The van der Waals surface area contributed by atoms with Gasteiger partial charge in [-0.15, -0.1) is 12.6 Å². The van der Waals surface area contributed by atoms with E-state index >= 15 is 0 Å².